The van der Waals surface area contributed by atoms with E-state index in [0.717, 1.165) is 16.9 Å². The monoisotopic (exact) mass is 488 g/mol. The standard InChI is InChI=1S/C27H28N4O3S/c1-18-22(14-15-34-18)24-29-30-26(31(24)16-19-8-6-5-7-9-19)35-17-23(32)20-10-12-21(13-11-20)28-25(33)27(2,3)4/h5-15H,16-17H2,1-4H3,(H,28,33). The fraction of sp³-hybridized carbons (Fsp3) is 0.259. The van der Waals surface area contributed by atoms with Crippen LogP contribution >= 0.6 is 11.8 Å². The molecule has 1 N–H and O–H groups in total. The molecule has 0 saturated carbocycles. The number of Topliss-reactive ketones (excluding diaryl/α,β-unsaturated/α-hetero) is 1. The average Bonchev–Trinajstić information content (AvgIpc) is 3.43. The van der Waals surface area contributed by atoms with Crippen LogP contribution in [0.4, 0.5) is 5.69 Å². The molecule has 2 heterocycles. The molecule has 0 aliphatic heterocycles. The summed E-state index contributed by atoms with van der Waals surface area (Å²) in [5.74, 6) is 1.57. The van der Waals surface area contributed by atoms with E-state index in [-0.39, 0.29) is 17.4 Å². The highest BCUT2D eigenvalue weighted by atomic mass is 32.2. The predicted molar refractivity (Wildman–Crippen MR) is 138 cm³/mol. The van der Waals surface area contributed by atoms with E-state index >= 15 is 0 Å². The van der Waals surface area contributed by atoms with Crippen molar-refractivity contribution in [2.75, 3.05) is 11.1 Å². The molecule has 0 aliphatic rings. The van der Waals surface area contributed by atoms with E-state index in [4.69, 9.17) is 4.42 Å². The lowest BCUT2D eigenvalue weighted by Gasteiger charge is -2.17. The molecule has 2 aromatic carbocycles. The summed E-state index contributed by atoms with van der Waals surface area (Å²) >= 11 is 1.35. The smallest absolute Gasteiger partial charge is 0.229 e. The van der Waals surface area contributed by atoms with Gasteiger partial charge in [0.25, 0.3) is 0 Å². The van der Waals surface area contributed by atoms with Gasteiger partial charge in [-0.1, -0.05) is 62.9 Å². The highest BCUT2D eigenvalue weighted by Crippen LogP contribution is 2.28. The first-order valence-corrected chi connectivity index (χ1v) is 12.3. The lowest BCUT2D eigenvalue weighted by Crippen LogP contribution is -2.27. The van der Waals surface area contributed by atoms with Gasteiger partial charge in [-0.25, -0.2) is 0 Å². The maximum Gasteiger partial charge on any atom is 0.229 e. The summed E-state index contributed by atoms with van der Waals surface area (Å²) in [7, 11) is 0. The number of amides is 1. The molecular formula is C27H28N4O3S. The van der Waals surface area contributed by atoms with Crippen molar-refractivity contribution in [1.82, 2.24) is 14.8 Å². The topological polar surface area (TPSA) is 90.0 Å². The number of anilines is 1. The summed E-state index contributed by atoms with van der Waals surface area (Å²) in [6, 6.07) is 18.9. The molecule has 2 aromatic heterocycles. The zero-order valence-corrected chi connectivity index (χ0v) is 21.1. The van der Waals surface area contributed by atoms with E-state index in [2.05, 4.69) is 15.5 Å². The number of carbonyl (C=O) groups excluding carboxylic acids is 2. The maximum atomic E-state index is 12.9. The van der Waals surface area contributed by atoms with Crippen LogP contribution in [0.2, 0.25) is 0 Å². The van der Waals surface area contributed by atoms with Gasteiger partial charge in [0.1, 0.15) is 5.76 Å². The highest BCUT2D eigenvalue weighted by molar-refractivity contribution is 7.99. The summed E-state index contributed by atoms with van der Waals surface area (Å²) in [6.45, 7) is 8.03. The van der Waals surface area contributed by atoms with Crippen LogP contribution in [-0.2, 0) is 11.3 Å². The molecule has 0 unspecified atom stereocenters. The van der Waals surface area contributed by atoms with Crippen molar-refractivity contribution < 1.29 is 14.0 Å². The van der Waals surface area contributed by atoms with Crippen molar-refractivity contribution in [3.05, 3.63) is 83.8 Å². The Labute approximate surface area is 209 Å². The van der Waals surface area contributed by atoms with Crippen LogP contribution in [0, 0.1) is 12.3 Å². The second kappa shape index (κ2) is 10.3. The minimum Gasteiger partial charge on any atom is -0.469 e. The fourth-order valence-electron chi connectivity index (χ4n) is 3.39. The molecule has 0 radical (unpaired) electrons. The first-order chi connectivity index (χ1) is 16.7. The molecule has 1 amide bonds. The fourth-order valence-corrected chi connectivity index (χ4v) is 4.22. The third-order valence-corrected chi connectivity index (χ3v) is 6.45. The Kier molecular flexibility index (Phi) is 7.21. The first-order valence-electron chi connectivity index (χ1n) is 11.3. The number of hydrogen-bond donors (Lipinski definition) is 1. The molecule has 4 aromatic rings. The molecule has 0 saturated heterocycles. The van der Waals surface area contributed by atoms with Crippen LogP contribution in [0.15, 0.2) is 76.5 Å². The molecule has 4 rings (SSSR count). The van der Waals surface area contributed by atoms with Gasteiger partial charge in [-0.2, -0.15) is 0 Å². The molecular weight excluding hydrogens is 460 g/mol. The van der Waals surface area contributed by atoms with E-state index < -0.39 is 5.41 Å². The largest absolute Gasteiger partial charge is 0.469 e. The van der Waals surface area contributed by atoms with Crippen LogP contribution in [0.3, 0.4) is 0 Å². The Morgan fingerprint density at radius 1 is 1.00 bits per heavy atom. The molecule has 8 heteroatoms. The number of hydrogen-bond acceptors (Lipinski definition) is 6. The number of thioether (sulfide) groups is 1. The lowest BCUT2D eigenvalue weighted by atomic mass is 9.95. The molecule has 0 fully saturated rings. The van der Waals surface area contributed by atoms with Crippen molar-refractivity contribution in [2.24, 2.45) is 5.41 Å². The number of aromatic nitrogens is 3. The minimum atomic E-state index is -0.491. The maximum absolute atomic E-state index is 12.9. The van der Waals surface area contributed by atoms with Gasteiger partial charge in [-0.05, 0) is 42.8 Å². The molecule has 0 aliphatic carbocycles. The Bertz CT molecular complexity index is 1320. The van der Waals surface area contributed by atoms with Gasteiger partial charge in [-0.3, -0.25) is 14.2 Å². The number of rotatable bonds is 8. The lowest BCUT2D eigenvalue weighted by molar-refractivity contribution is -0.123. The molecule has 7 nitrogen and oxygen atoms in total. The Morgan fingerprint density at radius 2 is 1.71 bits per heavy atom. The van der Waals surface area contributed by atoms with Gasteiger partial charge in [0, 0.05) is 16.7 Å². The number of nitrogens with zero attached hydrogens (tertiary/aromatic N) is 3. The molecule has 0 bridgehead atoms. The Morgan fingerprint density at radius 3 is 2.34 bits per heavy atom. The van der Waals surface area contributed by atoms with Crippen molar-refractivity contribution in [2.45, 2.75) is 39.4 Å². The van der Waals surface area contributed by atoms with E-state index in [0.29, 0.717) is 28.8 Å². The summed E-state index contributed by atoms with van der Waals surface area (Å²) < 4.78 is 7.48. The normalized spacial score (nSPS) is 11.4. The average molecular weight is 489 g/mol. The zero-order chi connectivity index (χ0) is 25.0. The Balaban J connectivity index is 1.49. The van der Waals surface area contributed by atoms with Crippen LogP contribution in [0.5, 0.6) is 0 Å². The molecule has 0 atom stereocenters. The number of carbonyl (C=O) groups is 2. The summed E-state index contributed by atoms with van der Waals surface area (Å²) in [5, 5.41) is 12.3. The molecule has 180 valence electrons. The SMILES string of the molecule is Cc1occc1-c1nnc(SCC(=O)c2ccc(NC(=O)C(C)(C)C)cc2)n1Cc1ccccc1. The quantitative estimate of drug-likeness (QED) is 0.247. The predicted octanol–water partition coefficient (Wildman–Crippen LogP) is 5.85. The van der Waals surface area contributed by atoms with E-state index in [9.17, 15) is 9.59 Å². The van der Waals surface area contributed by atoms with Crippen molar-refractivity contribution >= 4 is 29.1 Å². The van der Waals surface area contributed by atoms with Crippen LogP contribution in [0.1, 0.15) is 42.5 Å². The van der Waals surface area contributed by atoms with Crippen LogP contribution < -0.4 is 5.32 Å². The van der Waals surface area contributed by atoms with Gasteiger partial charge in [0.2, 0.25) is 5.91 Å². The van der Waals surface area contributed by atoms with Gasteiger partial charge in [-0.15, -0.1) is 10.2 Å². The van der Waals surface area contributed by atoms with E-state index in [1.54, 1.807) is 30.5 Å². The van der Waals surface area contributed by atoms with Crippen molar-refractivity contribution in [3.63, 3.8) is 0 Å². The summed E-state index contributed by atoms with van der Waals surface area (Å²) in [6.07, 6.45) is 1.64. The third-order valence-electron chi connectivity index (χ3n) is 5.48. The van der Waals surface area contributed by atoms with Gasteiger partial charge in [0.05, 0.1) is 24.1 Å². The van der Waals surface area contributed by atoms with Crippen molar-refractivity contribution in [1.29, 1.82) is 0 Å². The van der Waals surface area contributed by atoms with Gasteiger partial charge < -0.3 is 9.73 Å². The number of benzene rings is 2. The first kappa shape index (κ1) is 24.5. The Hall–Kier alpha value is -3.65. The molecule has 35 heavy (non-hydrogen) atoms. The summed E-state index contributed by atoms with van der Waals surface area (Å²) in [5.41, 5.74) is 2.73. The second-order valence-corrected chi connectivity index (χ2v) is 10.2. The van der Waals surface area contributed by atoms with Crippen LogP contribution in [-0.4, -0.2) is 32.2 Å². The molecule has 0 spiro atoms. The van der Waals surface area contributed by atoms with E-state index in [1.165, 1.54) is 11.8 Å². The van der Waals surface area contributed by atoms with Gasteiger partial charge in [0.15, 0.2) is 16.8 Å². The summed E-state index contributed by atoms with van der Waals surface area (Å²) in [4.78, 5) is 25.1. The number of nitrogens with one attached hydrogen (secondary N) is 1. The number of furan rings is 1. The third kappa shape index (κ3) is 5.89. The minimum absolute atomic E-state index is 0.0287. The van der Waals surface area contributed by atoms with E-state index in [1.807, 2.05) is 68.7 Å². The second-order valence-electron chi connectivity index (χ2n) is 9.26. The van der Waals surface area contributed by atoms with Gasteiger partial charge >= 0.3 is 0 Å². The van der Waals surface area contributed by atoms with Crippen molar-refractivity contribution in [3.8, 4) is 11.4 Å². The number of ketones is 1. The van der Waals surface area contributed by atoms with Crippen LogP contribution in [0.25, 0.3) is 11.4 Å². The zero-order valence-electron chi connectivity index (χ0n) is 20.2. The number of aryl methyl sites for hydroxylation is 1. The highest BCUT2D eigenvalue weighted by Gasteiger charge is 2.22.